The van der Waals surface area contributed by atoms with Gasteiger partial charge in [0.2, 0.25) is 12.0 Å². The Bertz CT molecular complexity index is 1920. The van der Waals surface area contributed by atoms with Crippen molar-refractivity contribution in [3.05, 3.63) is 59.7 Å². The molecular weight excluding hydrogens is 696 g/mol. The van der Waals surface area contributed by atoms with Gasteiger partial charge in [-0.25, -0.2) is 9.79 Å². The lowest BCUT2D eigenvalue weighted by Gasteiger charge is -2.46. The van der Waals surface area contributed by atoms with E-state index in [1.54, 1.807) is 36.4 Å². The number of aliphatic hydroxyl groups excluding tert-OH is 4. The second-order valence-corrected chi connectivity index (χ2v) is 13.3. The molecule has 0 spiro atoms. The van der Waals surface area contributed by atoms with Crippen molar-refractivity contribution in [2.75, 3.05) is 13.2 Å². The lowest BCUT2D eigenvalue weighted by atomic mass is 9.80. The van der Waals surface area contributed by atoms with E-state index < -0.39 is 60.6 Å². The fourth-order valence-electron chi connectivity index (χ4n) is 6.84. The van der Waals surface area contributed by atoms with Crippen LogP contribution < -0.4 is 24.4 Å². The zero-order chi connectivity index (χ0) is 37.4. The number of carbonyl (C=O) groups is 1. The summed E-state index contributed by atoms with van der Waals surface area (Å²) in [4.78, 5) is 24.3. The van der Waals surface area contributed by atoms with Gasteiger partial charge in [0.15, 0.2) is 29.4 Å². The number of fused-ring (bicyclic) bond motifs is 1. The molecule has 0 radical (unpaired) electrons. The number of hydrogen-bond donors (Lipinski definition) is 8. The molecule has 7 rings (SSSR count). The van der Waals surface area contributed by atoms with E-state index in [0.717, 1.165) is 12.8 Å². The van der Waals surface area contributed by atoms with Crippen LogP contribution in [0.15, 0.2) is 63.5 Å². The molecule has 280 valence electrons. The maximum absolute atomic E-state index is 12.3. The van der Waals surface area contributed by atoms with Crippen molar-refractivity contribution >= 4 is 35.3 Å². The monoisotopic (exact) mass is 735 g/mol. The minimum Gasteiger partial charge on any atom is -0.507 e. The van der Waals surface area contributed by atoms with Crippen molar-refractivity contribution in [3.63, 3.8) is 0 Å². The van der Waals surface area contributed by atoms with Gasteiger partial charge in [0.05, 0.1) is 12.6 Å². The number of carboxylic acids is 1. The number of aliphatic hydroxyl groups is 5. The van der Waals surface area contributed by atoms with Gasteiger partial charge in [-0.1, -0.05) is 12.1 Å². The Hall–Kier alpha value is -5.33. The normalized spacial score (nSPS) is 28.5. The molecule has 1 saturated carbocycles. The Balaban J connectivity index is 1.14. The quantitative estimate of drug-likeness (QED) is 0.145. The molecule has 9 N–H and O–H groups in total. The Morgan fingerprint density at radius 3 is 2.51 bits per heavy atom. The van der Waals surface area contributed by atoms with Gasteiger partial charge in [-0.05, 0) is 54.4 Å². The molecule has 5 aliphatic rings. The summed E-state index contributed by atoms with van der Waals surface area (Å²) < 4.78 is 29.6. The smallest absolute Gasteiger partial charge is 0.336 e. The summed E-state index contributed by atoms with van der Waals surface area (Å²) in [5.41, 5.74) is -1.37. The third kappa shape index (κ3) is 7.21. The van der Waals surface area contributed by atoms with Crippen LogP contribution in [0.4, 0.5) is 0 Å². The average Bonchev–Trinajstić information content (AvgIpc) is 3.93. The van der Waals surface area contributed by atoms with E-state index in [1.165, 1.54) is 18.5 Å². The van der Waals surface area contributed by atoms with Crippen LogP contribution in [0.5, 0.6) is 28.7 Å². The first-order chi connectivity index (χ1) is 25.4. The standard InChI is InChI=1S/C36H38N4O13/c37-27-10-9-21(40-27)23(42)15-49-19-7-5-17(6-8-19)24-11-22(41)28-25(51-24)12-26(31(29(28)43)50-20-3-1-2-4-20)52-35-30(44)32(45)36(48,33(53-35)34(46)47)13-18-14-38-16-39-18/h5-12,16,20,23-24,30,32-33,35,37,41-45,48H,1-4,13-15H2,(H,46,47)/p+1/t23-,24?,30+,32-,33+,35+,36-/m0/s1. The van der Waals surface area contributed by atoms with E-state index in [2.05, 4.69) is 15.0 Å². The summed E-state index contributed by atoms with van der Waals surface area (Å²) in [6.07, 6.45) is -1.80. The van der Waals surface area contributed by atoms with Gasteiger partial charge in [-0.2, -0.15) is 0 Å². The molecule has 4 heterocycles. The van der Waals surface area contributed by atoms with Gasteiger partial charge in [0.1, 0.15) is 59.7 Å². The van der Waals surface area contributed by atoms with Crippen molar-refractivity contribution in [3.8, 4) is 28.7 Å². The van der Waals surface area contributed by atoms with Gasteiger partial charge in [-0.15, -0.1) is 0 Å². The number of nitrogens with zero attached hydrogens (tertiary/aromatic N) is 3. The molecule has 0 bridgehead atoms. The highest BCUT2D eigenvalue weighted by Gasteiger charge is 2.59. The Morgan fingerprint density at radius 1 is 1.09 bits per heavy atom. The third-order valence-electron chi connectivity index (χ3n) is 9.62. The molecule has 1 aliphatic carbocycles. The number of ether oxygens (including phenoxy) is 5. The maximum Gasteiger partial charge on any atom is 0.336 e. The Kier molecular flexibility index (Phi) is 9.93. The van der Waals surface area contributed by atoms with Crippen LogP contribution in [0.1, 0.15) is 49.3 Å². The molecule has 7 atom stereocenters. The molecule has 2 aromatic rings. The highest BCUT2D eigenvalue weighted by Crippen LogP contribution is 2.52. The molecule has 1 unspecified atom stereocenters. The van der Waals surface area contributed by atoms with Crippen molar-refractivity contribution in [2.45, 2.75) is 80.6 Å². The van der Waals surface area contributed by atoms with Gasteiger partial charge < -0.3 is 59.4 Å². The molecule has 17 heteroatoms. The highest BCUT2D eigenvalue weighted by molar-refractivity contribution is 6.14. The van der Waals surface area contributed by atoms with E-state index in [0.29, 0.717) is 35.7 Å². The Morgan fingerprint density at radius 2 is 1.85 bits per heavy atom. The molecule has 4 aliphatic heterocycles. The van der Waals surface area contributed by atoms with Gasteiger partial charge in [0, 0.05) is 30.4 Å². The predicted octanol–water partition coefficient (Wildman–Crippen LogP) is 0.169. The topological polar surface area (TPSA) is 267 Å². The number of aliphatic carboxylic acids is 1. The summed E-state index contributed by atoms with van der Waals surface area (Å²) >= 11 is 0. The van der Waals surface area contributed by atoms with Crippen LogP contribution in [-0.4, -0.2) is 121 Å². The summed E-state index contributed by atoms with van der Waals surface area (Å²) in [5.74, 6) is -2.32. The molecule has 0 amide bonds. The van der Waals surface area contributed by atoms with Crippen LogP contribution in [0, 0.1) is 0 Å². The molecule has 1 saturated heterocycles. The maximum atomic E-state index is 12.3. The van der Waals surface area contributed by atoms with Gasteiger partial charge in [-0.3, -0.25) is 10.4 Å². The first kappa shape index (κ1) is 36.0. The summed E-state index contributed by atoms with van der Waals surface area (Å²) in [7, 11) is 0. The third-order valence-corrected chi connectivity index (χ3v) is 9.62. The van der Waals surface area contributed by atoms with Crippen LogP contribution in [0.3, 0.4) is 0 Å². The number of phenolic OH excluding ortho intramolecular Hbond substituents is 1. The largest absolute Gasteiger partial charge is 0.507 e. The van der Waals surface area contributed by atoms with Gasteiger partial charge in [0.25, 0.3) is 0 Å². The SMILES string of the molecule is [NH2+]=C1C=CC([C@@H](O)COc2ccc(C3C=C(O)c4c(cc(O[C@@H]5O[C@H](C(=O)O)[C@](O)(CC6=NC=NC6)[C@@H](O)[C@H]5O)c(OC5CCCC5)c4O)O3)cc2)=N1. The van der Waals surface area contributed by atoms with E-state index in [1.807, 2.05) is 0 Å². The minimum absolute atomic E-state index is 0.0532. The van der Waals surface area contributed by atoms with E-state index in [4.69, 9.17) is 29.1 Å². The zero-order valence-corrected chi connectivity index (χ0v) is 28.2. The van der Waals surface area contributed by atoms with Crippen molar-refractivity contribution < 1.29 is 69.6 Å². The first-order valence-electron chi connectivity index (χ1n) is 17.0. The van der Waals surface area contributed by atoms with Crippen LogP contribution in [-0.2, 0) is 9.53 Å². The van der Waals surface area contributed by atoms with Crippen molar-refractivity contribution in [1.82, 2.24) is 0 Å². The zero-order valence-electron chi connectivity index (χ0n) is 28.2. The highest BCUT2D eigenvalue weighted by atomic mass is 16.7. The van der Waals surface area contributed by atoms with E-state index >= 15 is 0 Å². The summed E-state index contributed by atoms with van der Waals surface area (Å²) in [6.45, 7) is -0.00783. The Labute approximate surface area is 301 Å². The predicted molar refractivity (Wildman–Crippen MR) is 186 cm³/mol. The van der Waals surface area contributed by atoms with Crippen molar-refractivity contribution in [2.24, 2.45) is 15.0 Å². The van der Waals surface area contributed by atoms with Crippen molar-refractivity contribution in [1.29, 1.82) is 0 Å². The number of aromatic hydroxyl groups is 1. The summed E-state index contributed by atoms with van der Waals surface area (Å²) in [5, 5.41) is 82.3. The van der Waals surface area contributed by atoms with E-state index in [-0.39, 0.29) is 53.5 Å². The first-order valence-corrected chi connectivity index (χ1v) is 17.0. The number of rotatable bonds is 12. The number of benzene rings is 2. The fourth-order valence-corrected chi connectivity index (χ4v) is 6.84. The molecule has 17 nitrogen and oxygen atoms in total. The lowest BCUT2D eigenvalue weighted by Crippen LogP contribution is -2.69. The molecule has 2 aromatic carbocycles. The number of amidine groups is 1. The summed E-state index contributed by atoms with van der Waals surface area (Å²) in [6, 6.07) is 7.94. The van der Waals surface area contributed by atoms with Crippen LogP contribution in [0.2, 0.25) is 0 Å². The number of nitrogens with two attached hydrogens (primary N) is 1. The number of hydrogen-bond acceptors (Lipinski definition) is 14. The molecular formula is C36H39N4O13+. The number of phenols is 1. The fraction of sp³-hybridized carbons (Fsp3) is 0.417. The number of carboxylic acid groups (broad SMARTS) is 1. The van der Waals surface area contributed by atoms with Gasteiger partial charge >= 0.3 is 11.8 Å². The minimum atomic E-state index is -2.50. The second-order valence-electron chi connectivity index (χ2n) is 13.3. The molecule has 2 fully saturated rings. The second kappa shape index (κ2) is 14.6. The average molecular weight is 736 g/mol. The number of aliphatic imine (C=N–C) groups is 3. The molecule has 53 heavy (non-hydrogen) atoms. The lowest BCUT2D eigenvalue weighted by molar-refractivity contribution is -0.303. The van der Waals surface area contributed by atoms with Crippen LogP contribution >= 0.6 is 0 Å². The van der Waals surface area contributed by atoms with Crippen LogP contribution in [0.25, 0.3) is 5.76 Å². The van der Waals surface area contributed by atoms with E-state index in [9.17, 15) is 40.5 Å². The molecule has 0 aromatic heterocycles.